The Morgan fingerprint density at radius 2 is 2.10 bits per heavy atom. The molecule has 1 unspecified atom stereocenters. The number of carbonyl (C=O) groups is 1. The zero-order valence-corrected chi connectivity index (χ0v) is 10.5. The van der Waals surface area contributed by atoms with Crippen LogP contribution in [-0.2, 0) is 11.3 Å². The summed E-state index contributed by atoms with van der Waals surface area (Å²) in [7, 11) is 0. The number of alkyl halides is 3. The molecule has 1 aromatic rings. The van der Waals surface area contributed by atoms with E-state index >= 15 is 0 Å². The largest absolute Gasteiger partial charge is 0.481 e. The molecule has 1 heterocycles. The highest BCUT2D eigenvalue weighted by Gasteiger charge is 2.63. The highest BCUT2D eigenvalue weighted by atomic mass is 19.4. The molecule has 0 aromatic heterocycles. The van der Waals surface area contributed by atoms with E-state index in [1.165, 1.54) is 23.1 Å². The third-order valence-corrected chi connectivity index (χ3v) is 3.60. The van der Waals surface area contributed by atoms with Gasteiger partial charge in [-0.15, -0.1) is 0 Å². The lowest BCUT2D eigenvalue weighted by Gasteiger charge is -2.27. The van der Waals surface area contributed by atoms with E-state index in [9.17, 15) is 22.4 Å². The molecule has 1 aromatic carbocycles. The van der Waals surface area contributed by atoms with Crippen LogP contribution in [0.25, 0.3) is 0 Å². The lowest BCUT2D eigenvalue weighted by molar-refractivity contribution is -0.227. The first-order chi connectivity index (χ1) is 9.24. The fourth-order valence-corrected chi connectivity index (χ4v) is 2.44. The van der Waals surface area contributed by atoms with Crippen molar-refractivity contribution < 1.29 is 27.5 Å². The molecule has 0 bridgehead atoms. The Kier molecular flexibility index (Phi) is 3.73. The predicted octanol–water partition coefficient (Wildman–Crippen LogP) is 2.66. The Hall–Kier alpha value is -1.63. The van der Waals surface area contributed by atoms with E-state index in [1.807, 2.05) is 0 Å². The van der Waals surface area contributed by atoms with Crippen LogP contribution in [0.2, 0.25) is 0 Å². The summed E-state index contributed by atoms with van der Waals surface area (Å²) < 4.78 is 51.9. The summed E-state index contributed by atoms with van der Waals surface area (Å²) in [6.45, 7) is -0.493. The first-order valence-corrected chi connectivity index (χ1v) is 6.01. The van der Waals surface area contributed by atoms with Crippen LogP contribution in [0, 0.1) is 11.2 Å². The molecule has 1 N–H and O–H groups in total. The van der Waals surface area contributed by atoms with E-state index in [-0.39, 0.29) is 13.1 Å². The van der Waals surface area contributed by atoms with Crippen LogP contribution in [-0.4, -0.2) is 35.2 Å². The quantitative estimate of drug-likeness (QED) is 0.870. The second kappa shape index (κ2) is 5.05. The number of rotatable bonds is 3. The minimum absolute atomic E-state index is 0.0162. The Morgan fingerprint density at radius 3 is 2.60 bits per heavy atom. The molecule has 1 atom stereocenters. The minimum Gasteiger partial charge on any atom is -0.481 e. The highest BCUT2D eigenvalue weighted by Crippen LogP contribution is 2.45. The van der Waals surface area contributed by atoms with E-state index in [1.54, 1.807) is 6.07 Å². The maximum Gasteiger partial charge on any atom is 0.406 e. The van der Waals surface area contributed by atoms with Crippen molar-refractivity contribution in [1.82, 2.24) is 4.90 Å². The van der Waals surface area contributed by atoms with Crippen LogP contribution in [0.5, 0.6) is 0 Å². The highest BCUT2D eigenvalue weighted by molar-refractivity contribution is 5.76. The van der Waals surface area contributed by atoms with Crippen molar-refractivity contribution in [2.45, 2.75) is 19.1 Å². The molecule has 110 valence electrons. The Morgan fingerprint density at radius 1 is 1.40 bits per heavy atom. The van der Waals surface area contributed by atoms with E-state index in [4.69, 9.17) is 5.11 Å². The fourth-order valence-electron chi connectivity index (χ4n) is 2.44. The molecule has 0 saturated carbocycles. The number of likely N-dealkylation sites (tertiary alicyclic amines) is 1. The third kappa shape index (κ3) is 2.63. The number of benzene rings is 1. The van der Waals surface area contributed by atoms with Gasteiger partial charge in [0.2, 0.25) is 0 Å². The smallest absolute Gasteiger partial charge is 0.406 e. The average molecular weight is 291 g/mol. The lowest BCUT2D eigenvalue weighted by Crippen LogP contribution is -2.47. The Labute approximate surface area is 112 Å². The van der Waals surface area contributed by atoms with Crippen LogP contribution in [0.3, 0.4) is 0 Å². The lowest BCUT2D eigenvalue weighted by atomic mass is 9.86. The number of aliphatic carboxylic acids is 1. The van der Waals surface area contributed by atoms with Gasteiger partial charge in [0.05, 0.1) is 0 Å². The summed E-state index contributed by atoms with van der Waals surface area (Å²) >= 11 is 0. The molecule has 0 spiro atoms. The molecular formula is C13H13F4NO2. The van der Waals surface area contributed by atoms with Gasteiger partial charge in [0.1, 0.15) is 5.82 Å². The van der Waals surface area contributed by atoms with Gasteiger partial charge in [-0.1, -0.05) is 12.1 Å². The zero-order chi connectivity index (χ0) is 15.0. The molecule has 1 aliphatic heterocycles. The van der Waals surface area contributed by atoms with Gasteiger partial charge in [-0.25, -0.2) is 4.39 Å². The van der Waals surface area contributed by atoms with E-state index in [0.29, 0.717) is 5.56 Å². The van der Waals surface area contributed by atoms with Crippen molar-refractivity contribution in [3.63, 3.8) is 0 Å². The summed E-state index contributed by atoms with van der Waals surface area (Å²) in [5.41, 5.74) is -2.20. The van der Waals surface area contributed by atoms with E-state index in [0.717, 1.165) is 0 Å². The molecule has 1 saturated heterocycles. The summed E-state index contributed by atoms with van der Waals surface area (Å²) in [5, 5.41) is 8.92. The van der Waals surface area contributed by atoms with Gasteiger partial charge in [0.15, 0.2) is 5.41 Å². The number of hydrogen-bond acceptors (Lipinski definition) is 2. The van der Waals surface area contributed by atoms with Crippen LogP contribution >= 0.6 is 0 Å². The van der Waals surface area contributed by atoms with Crippen molar-refractivity contribution in [3.05, 3.63) is 35.6 Å². The second-order valence-corrected chi connectivity index (χ2v) is 4.98. The fraction of sp³-hybridized carbons (Fsp3) is 0.462. The molecule has 2 rings (SSSR count). The van der Waals surface area contributed by atoms with Crippen LogP contribution < -0.4 is 0 Å². The SMILES string of the molecule is O=C(O)C1(C(F)(F)F)CCN(Cc2cccc(F)c2)C1. The molecule has 7 heteroatoms. The Balaban J connectivity index is 2.13. The van der Waals surface area contributed by atoms with Crippen LogP contribution in [0.1, 0.15) is 12.0 Å². The standard InChI is InChI=1S/C13H13F4NO2/c14-10-3-1-2-9(6-10)7-18-5-4-12(8-18,11(19)20)13(15,16)17/h1-3,6H,4-5,7-8H2,(H,19,20). The number of carboxylic acids is 1. The molecular weight excluding hydrogens is 278 g/mol. The monoisotopic (exact) mass is 291 g/mol. The average Bonchev–Trinajstić information content (AvgIpc) is 2.73. The summed E-state index contributed by atoms with van der Waals surface area (Å²) in [6.07, 6.45) is -5.28. The normalized spacial score (nSPS) is 24.0. The number of nitrogens with zero attached hydrogens (tertiary/aromatic N) is 1. The summed E-state index contributed by atoms with van der Waals surface area (Å²) in [6, 6.07) is 5.53. The van der Waals surface area contributed by atoms with Crippen LogP contribution in [0.15, 0.2) is 24.3 Å². The van der Waals surface area contributed by atoms with Crippen LogP contribution in [0.4, 0.5) is 17.6 Å². The number of hydrogen-bond donors (Lipinski definition) is 1. The molecule has 20 heavy (non-hydrogen) atoms. The molecule has 0 aliphatic carbocycles. The number of halogens is 4. The van der Waals surface area contributed by atoms with Crippen molar-refractivity contribution in [2.75, 3.05) is 13.1 Å². The summed E-state index contributed by atoms with van der Waals surface area (Å²) in [4.78, 5) is 12.4. The zero-order valence-electron chi connectivity index (χ0n) is 10.5. The van der Waals surface area contributed by atoms with Crippen molar-refractivity contribution in [3.8, 4) is 0 Å². The van der Waals surface area contributed by atoms with Gasteiger partial charge in [-0.2, -0.15) is 13.2 Å². The number of carboxylic acid groups (broad SMARTS) is 1. The molecule has 1 fully saturated rings. The maximum absolute atomic E-state index is 13.0. The van der Waals surface area contributed by atoms with Crippen molar-refractivity contribution in [1.29, 1.82) is 0 Å². The van der Waals surface area contributed by atoms with E-state index in [2.05, 4.69) is 0 Å². The molecule has 1 aliphatic rings. The van der Waals surface area contributed by atoms with Gasteiger partial charge in [0, 0.05) is 19.6 Å². The first kappa shape index (κ1) is 14.8. The topological polar surface area (TPSA) is 40.5 Å². The third-order valence-electron chi connectivity index (χ3n) is 3.60. The van der Waals surface area contributed by atoms with Gasteiger partial charge in [-0.3, -0.25) is 9.69 Å². The second-order valence-electron chi connectivity index (χ2n) is 4.98. The molecule has 0 radical (unpaired) electrons. The van der Waals surface area contributed by atoms with Crippen molar-refractivity contribution in [2.24, 2.45) is 5.41 Å². The Bertz CT molecular complexity index is 517. The first-order valence-electron chi connectivity index (χ1n) is 6.01. The predicted molar refractivity (Wildman–Crippen MR) is 62.4 cm³/mol. The minimum atomic E-state index is -4.80. The van der Waals surface area contributed by atoms with Gasteiger partial charge >= 0.3 is 12.1 Å². The maximum atomic E-state index is 13.0. The van der Waals surface area contributed by atoms with Crippen molar-refractivity contribution >= 4 is 5.97 Å². The molecule has 3 nitrogen and oxygen atoms in total. The van der Waals surface area contributed by atoms with Gasteiger partial charge in [0.25, 0.3) is 0 Å². The van der Waals surface area contributed by atoms with Gasteiger partial charge < -0.3 is 5.11 Å². The van der Waals surface area contributed by atoms with E-state index < -0.39 is 36.3 Å². The summed E-state index contributed by atoms with van der Waals surface area (Å²) in [5.74, 6) is -2.33. The molecule has 0 amide bonds. The van der Waals surface area contributed by atoms with Gasteiger partial charge in [-0.05, 0) is 24.1 Å².